The Balaban J connectivity index is 2.61. The first-order valence-corrected chi connectivity index (χ1v) is 6.28. The van der Waals surface area contributed by atoms with E-state index in [1.165, 1.54) is 0 Å². The predicted octanol–water partition coefficient (Wildman–Crippen LogP) is 2.32. The van der Waals surface area contributed by atoms with Crippen molar-refractivity contribution in [3.8, 4) is 0 Å². The summed E-state index contributed by atoms with van der Waals surface area (Å²) in [5.74, 6) is 0.366. The fraction of sp³-hybridized carbons (Fsp3) is 0.769. The smallest absolute Gasteiger partial charge is 0.0624 e. The lowest BCUT2D eigenvalue weighted by atomic mass is 9.96. The van der Waals surface area contributed by atoms with E-state index in [-0.39, 0.29) is 6.10 Å². The Morgan fingerprint density at radius 1 is 1.44 bits per heavy atom. The molecule has 0 spiro atoms. The van der Waals surface area contributed by atoms with Gasteiger partial charge in [0.2, 0.25) is 0 Å². The fourth-order valence-corrected chi connectivity index (χ4v) is 2.00. The molecule has 0 amide bonds. The van der Waals surface area contributed by atoms with Gasteiger partial charge in [-0.1, -0.05) is 27.2 Å². The van der Waals surface area contributed by atoms with Gasteiger partial charge in [0.25, 0.3) is 0 Å². The molecule has 0 saturated carbocycles. The van der Waals surface area contributed by atoms with Crippen LogP contribution in [0.1, 0.15) is 45.0 Å². The highest BCUT2D eigenvalue weighted by Gasteiger charge is 2.16. The maximum Gasteiger partial charge on any atom is 0.0624 e. The lowest BCUT2D eigenvalue weighted by Crippen LogP contribution is -2.21. The van der Waals surface area contributed by atoms with Crippen LogP contribution in [0, 0.1) is 5.92 Å². The Bertz CT molecular complexity index is 320. The van der Waals surface area contributed by atoms with Crippen molar-refractivity contribution < 1.29 is 5.11 Å². The van der Waals surface area contributed by atoms with Crippen molar-refractivity contribution in [3.63, 3.8) is 0 Å². The minimum Gasteiger partial charge on any atom is -0.392 e. The van der Waals surface area contributed by atoms with Gasteiger partial charge in [0.05, 0.1) is 11.8 Å². The molecule has 0 radical (unpaired) electrons. The third kappa shape index (κ3) is 3.34. The molecule has 0 saturated heterocycles. The minimum absolute atomic E-state index is 0.250. The number of aliphatic hydroxyl groups is 1. The standard InChI is InChI=1S/C13H24N2O/c1-5-7-10(3)13(16)9-12-8-11(6-2)14-15(12)4/h8,10,13,16H,5-7,9H2,1-4H3. The molecule has 0 bridgehead atoms. The van der Waals surface area contributed by atoms with Crippen molar-refractivity contribution in [2.24, 2.45) is 13.0 Å². The van der Waals surface area contributed by atoms with E-state index in [1.807, 2.05) is 11.7 Å². The molecule has 3 heteroatoms. The van der Waals surface area contributed by atoms with Crippen LogP contribution in [0.5, 0.6) is 0 Å². The molecule has 1 N–H and O–H groups in total. The van der Waals surface area contributed by atoms with Gasteiger partial charge in [0, 0.05) is 19.2 Å². The second-order valence-electron chi connectivity index (χ2n) is 4.64. The van der Waals surface area contributed by atoms with Crippen LogP contribution in [-0.2, 0) is 19.9 Å². The van der Waals surface area contributed by atoms with Gasteiger partial charge in [-0.2, -0.15) is 5.10 Å². The number of aromatic nitrogens is 2. The van der Waals surface area contributed by atoms with Crippen LogP contribution >= 0.6 is 0 Å². The number of aryl methyl sites for hydroxylation is 2. The van der Waals surface area contributed by atoms with Crippen molar-refractivity contribution in [2.45, 2.75) is 52.6 Å². The third-order valence-electron chi connectivity index (χ3n) is 3.21. The summed E-state index contributed by atoms with van der Waals surface area (Å²) >= 11 is 0. The molecule has 1 heterocycles. The van der Waals surface area contributed by atoms with E-state index in [9.17, 15) is 5.11 Å². The average molecular weight is 224 g/mol. The van der Waals surface area contributed by atoms with E-state index < -0.39 is 0 Å². The highest BCUT2D eigenvalue weighted by molar-refractivity contribution is 5.11. The maximum absolute atomic E-state index is 10.1. The number of hydrogen-bond donors (Lipinski definition) is 1. The maximum atomic E-state index is 10.1. The van der Waals surface area contributed by atoms with E-state index in [0.717, 1.165) is 30.7 Å². The molecule has 1 aromatic heterocycles. The highest BCUT2D eigenvalue weighted by Crippen LogP contribution is 2.15. The molecule has 2 unspecified atom stereocenters. The zero-order valence-corrected chi connectivity index (χ0v) is 10.9. The topological polar surface area (TPSA) is 38.1 Å². The molecule has 3 nitrogen and oxygen atoms in total. The van der Waals surface area contributed by atoms with Gasteiger partial charge in [0.15, 0.2) is 0 Å². The normalized spacial score (nSPS) is 15.1. The van der Waals surface area contributed by atoms with Gasteiger partial charge in [-0.15, -0.1) is 0 Å². The molecular formula is C13H24N2O. The molecule has 16 heavy (non-hydrogen) atoms. The molecule has 1 rings (SSSR count). The van der Waals surface area contributed by atoms with E-state index in [0.29, 0.717) is 12.3 Å². The lowest BCUT2D eigenvalue weighted by molar-refractivity contribution is 0.110. The zero-order chi connectivity index (χ0) is 12.1. The molecule has 1 aromatic rings. The summed E-state index contributed by atoms with van der Waals surface area (Å²) in [6.07, 6.45) is 3.63. The summed E-state index contributed by atoms with van der Waals surface area (Å²) in [6, 6.07) is 2.10. The van der Waals surface area contributed by atoms with Crippen molar-refractivity contribution in [1.82, 2.24) is 9.78 Å². The molecule has 0 aromatic carbocycles. The first kappa shape index (κ1) is 13.2. The largest absolute Gasteiger partial charge is 0.392 e. The van der Waals surface area contributed by atoms with Crippen LogP contribution in [0.15, 0.2) is 6.07 Å². The zero-order valence-electron chi connectivity index (χ0n) is 10.9. The van der Waals surface area contributed by atoms with Gasteiger partial charge >= 0.3 is 0 Å². The van der Waals surface area contributed by atoms with E-state index in [1.54, 1.807) is 0 Å². The summed E-state index contributed by atoms with van der Waals surface area (Å²) in [5.41, 5.74) is 2.24. The Morgan fingerprint density at radius 2 is 2.12 bits per heavy atom. The van der Waals surface area contributed by atoms with Gasteiger partial charge in [0.1, 0.15) is 0 Å². The molecule has 0 aliphatic heterocycles. The molecule has 0 fully saturated rings. The first-order valence-electron chi connectivity index (χ1n) is 6.28. The van der Waals surface area contributed by atoms with Crippen LogP contribution in [0.25, 0.3) is 0 Å². The SMILES string of the molecule is CCCC(C)C(O)Cc1cc(CC)nn1C. The van der Waals surface area contributed by atoms with Crippen LogP contribution in [-0.4, -0.2) is 21.0 Å². The predicted molar refractivity (Wildman–Crippen MR) is 66.4 cm³/mol. The van der Waals surface area contributed by atoms with Gasteiger partial charge < -0.3 is 5.11 Å². The molecule has 0 aliphatic carbocycles. The van der Waals surface area contributed by atoms with E-state index >= 15 is 0 Å². The van der Waals surface area contributed by atoms with Crippen LogP contribution in [0.4, 0.5) is 0 Å². The Labute approximate surface area is 98.5 Å². The number of hydrogen-bond acceptors (Lipinski definition) is 2. The molecular weight excluding hydrogens is 200 g/mol. The second kappa shape index (κ2) is 6.04. The van der Waals surface area contributed by atoms with Crippen molar-refractivity contribution in [2.75, 3.05) is 0 Å². The summed E-state index contributed by atoms with van der Waals surface area (Å²) in [4.78, 5) is 0. The second-order valence-corrected chi connectivity index (χ2v) is 4.64. The quantitative estimate of drug-likeness (QED) is 0.805. The van der Waals surface area contributed by atoms with Crippen molar-refractivity contribution in [3.05, 3.63) is 17.5 Å². The Hall–Kier alpha value is -0.830. The molecule has 0 aliphatic rings. The van der Waals surface area contributed by atoms with E-state index in [4.69, 9.17) is 0 Å². The monoisotopic (exact) mass is 224 g/mol. The van der Waals surface area contributed by atoms with Crippen LogP contribution < -0.4 is 0 Å². The average Bonchev–Trinajstić information content (AvgIpc) is 2.60. The lowest BCUT2D eigenvalue weighted by Gasteiger charge is -2.17. The van der Waals surface area contributed by atoms with Crippen LogP contribution in [0.2, 0.25) is 0 Å². The number of rotatable bonds is 6. The number of aliphatic hydroxyl groups excluding tert-OH is 1. The summed E-state index contributed by atoms with van der Waals surface area (Å²) in [5, 5.41) is 14.5. The van der Waals surface area contributed by atoms with E-state index in [2.05, 4.69) is 31.9 Å². The Morgan fingerprint density at radius 3 is 2.62 bits per heavy atom. The van der Waals surface area contributed by atoms with Gasteiger partial charge in [-0.3, -0.25) is 4.68 Å². The van der Waals surface area contributed by atoms with Crippen molar-refractivity contribution in [1.29, 1.82) is 0 Å². The fourth-order valence-electron chi connectivity index (χ4n) is 2.00. The molecule has 92 valence electrons. The summed E-state index contributed by atoms with van der Waals surface area (Å²) in [7, 11) is 1.95. The third-order valence-corrected chi connectivity index (χ3v) is 3.21. The van der Waals surface area contributed by atoms with Crippen LogP contribution in [0.3, 0.4) is 0 Å². The minimum atomic E-state index is -0.250. The summed E-state index contributed by atoms with van der Waals surface area (Å²) < 4.78 is 1.89. The molecule has 2 atom stereocenters. The van der Waals surface area contributed by atoms with Crippen molar-refractivity contribution >= 4 is 0 Å². The van der Waals surface area contributed by atoms with Gasteiger partial charge in [-0.25, -0.2) is 0 Å². The van der Waals surface area contributed by atoms with Gasteiger partial charge in [-0.05, 0) is 24.8 Å². The summed E-state index contributed by atoms with van der Waals surface area (Å²) in [6.45, 7) is 6.37. The first-order chi connectivity index (χ1) is 7.58. The Kier molecular flexibility index (Phi) is 5.00. The highest BCUT2D eigenvalue weighted by atomic mass is 16.3. The number of nitrogens with zero attached hydrogens (tertiary/aromatic N) is 2.